The molecule has 0 amide bonds. The third kappa shape index (κ3) is 1.71. The van der Waals surface area contributed by atoms with Crippen LogP contribution in [0.4, 0.5) is 0 Å². The lowest BCUT2D eigenvalue weighted by atomic mass is 9.91. The Kier molecular flexibility index (Phi) is 2.50. The average Bonchev–Trinajstić information content (AvgIpc) is 2.54. The second-order valence-corrected chi connectivity index (χ2v) is 5.23. The van der Waals surface area contributed by atoms with Crippen LogP contribution in [0.1, 0.15) is 37.0 Å². The van der Waals surface area contributed by atoms with E-state index in [-0.39, 0.29) is 5.41 Å². The fraction of sp³-hybridized carbons (Fsp3) is 0.333. The van der Waals surface area contributed by atoms with Crippen LogP contribution in [0.15, 0.2) is 18.3 Å². The number of rotatable bonds is 1. The first-order valence-corrected chi connectivity index (χ1v) is 5.44. The molecule has 4 heteroatoms. The molecule has 0 fully saturated rings. The van der Waals surface area contributed by atoms with Crippen LogP contribution in [0.3, 0.4) is 0 Å². The predicted octanol–water partition coefficient (Wildman–Crippen LogP) is 3.10. The van der Waals surface area contributed by atoms with Crippen LogP contribution in [-0.2, 0) is 5.41 Å². The Labute approximate surface area is 99.1 Å². The molecule has 0 radical (unpaired) electrons. The lowest BCUT2D eigenvalue weighted by Crippen LogP contribution is -2.14. The van der Waals surface area contributed by atoms with E-state index in [1.165, 1.54) is 0 Å². The molecular formula is C12H13ClN2O. The molecule has 3 nitrogen and oxygen atoms in total. The monoisotopic (exact) mass is 236 g/mol. The fourth-order valence-electron chi connectivity index (χ4n) is 1.70. The number of fused-ring (bicyclic) bond motifs is 1. The molecule has 2 rings (SSSR count). The van der Waals surface area contributed by atoms with E-state index >= 15 is 0 Å². The van der Waals surface area contributed by atoms with Crippen molar-refractivity contribution >= 4 is 23.5 Å². The first-order valence-electron chi connectivity index (χ1n) is 5.07. The van der Waals surface area contributed by atoms with Gasteiger partial charge in [0.25, 0.3) is 0 Å². The Morgan fingerprint density at radius 2 is 2.06 bits per heavy atom. The Balaban J connectivity index is 2.82. The number of halogens is 1. The maximum atomic E-state index is 11.2. The molecule has 2 heterocycles. The molecule has 16 heavy (non-hydrogen) atoms. The van der Waals surface area contributed by atoms with Gasteiger partial charge in [0.2, 0.25) is 0 Å². The Bertz CT molecular complexity index is 552. The summed E-state index contributed by atoms with van der Waals surface area (Å²) in [7, 11) is 0. The van der Waals surface area contributed by atoms with Crippen molar-refractivity contribution in [3.63, 3.8) is 0 Å². The van der Waals surface area contributed by atoms with Gasteiger partial charge in [0.05, 0.1) is 10.7 Å². The molecule has 0 aliphatic rings. The standard InChI is InChI=1S/C12H13ClN2O/c1-12(2,3)11-9(7-16)15-6-8(13)4-5-10(15)14-11/h4-7H,1-3H3. The number of aromatic nitrogens is 2. The summed E-state index contributed by atoms with van der Waals surface area (Å²) in [6.45, 7) is 6.09. The van der Waals surface area contributed by atoms with Crippen LogP contribution in [0.5, 0.6) is 0 Å². The van der Waals surface area contributed by atoms with Crippen LogP contribution in [0, 0.1) is 0 Å². The lowest BCUT2D eigenvalue weighted by molar-refractivity contribution is 0.111. The second-order valence-electron chi connectivity index (χ2n) is 4.79. The van der Waals surface area contributed by atoms with Crippen molar-refractivity contribution in [2.24, 2.45) is 0 Å². The maximum absolute atomic E-state index is 11.2. The van der Waals surface area contributed by atoms with E-state index in [0.29, 0.717) is 10.7 Å². The van der Waals surface area contributed by atoms with Gasteiger partial charge in [0.1, 0.15) is 11.3 Å². The van der Waals surface area contributed by atoms with E-state index in [1.807, 2.05) is 26.8 Å². The summed E-state index contributed by atoms with van der Waals surface area (Å²) in [4.78, 5) is 15.6. The normalized spacial score (nSPS) is 12.0. The minimum Gasteiger partial charge on any atom is -0.296 e. The molecule has 0 atom stereocenters. The summed E-state index contributed by atoms with van der Waals surface area (Å²) in [5, 5.41) is 0.591. The number of carbonyl (C=O) groups excluding carboxylic acids is 1. The molecule has 0 N–H and O–H groups in total. The minimum absolute atomic E-state index is 0.158. The summed E-state index contributed by atoms with van der Waals surface area (Å²) >= 11 is 5.91. The molecule has 2 aromatic rings. The van der Waals surface area contributed by atoms with Crippen LogP contribution in [0.25, 0.3) is 5.65 Å². The zero-order chi connectivity index (χ0) is 11.9. The van der Waals surface area contributed by atoms with Crippen molar-refractivity contribution in [3.8, 4) is 0 Å². The Morgan fingerprint density at radius 3 is 2.62 bits per heavy atom. The third-order valence-corrected chi connectivity index (χ3v) is 2.67. The zero-order valence-electron chi connectivity index (χ0n) is 9.49. The Morgan fingerprint density at radius 1 is 1.38 bits per heavy atom. The molecular weight excluding hydrogens is 224 g/mol. The van der Waals surface area contributed by atoms with E-state index < -0.39 is 0 Å². The number of carbonyl (C=O) groups is 1. The summed E-state index contributed by atoms with van der Waals surface area (Å²) in [6.07, 6.45) is 2.54. The van der Waals surface area contributed by atoms with Crippen LogP contribution in [0.2, 0.25) is 5.02 Å². The second kappa shape index (κ2) is 3.59. The van der Waals surface area contributed by atoms with E-state index in [0.717, 1.165) is 17.6 Å². The molecule has 0 unspecified atom stereocenters. The minimum atomic E-state index is -0.158. The van der Waals surface area contributed by atoms with E-state index in [2.05, 4.69) is 4.98 Å². The lowest BCUT2D eigenvalue weighted by Gasteiger charge is -2.15. The van der Waals surface area contributed by atoms with E-state index in [1.54, 1.807) is 16.7 Å². The van der Waals surface area contributed by atoms with Crippen molar-refractivity contribution in [2.45, 2.75) is 26.2 Å². The molecule has 0 bridgehead atoms. The van der Waals surface area contributed by atoms with Gasteiger partial charge in [-0.15, -0.1) is 0 Å². The first-order chi connectivity index (χ1) is 7.43. The van der Waals surface area contributed by atoms with Gasteiger partial charge in [-0.05, 0) is 12.1 Å². The number of hydrogen-bond acceptors (Lipinski definition) is 2. The van der Waals surface area contributed by atoms with Gasteiger partial charge >= 0.3 is 0 Å². The van der Waals surface area contributed by atoms with Crippen molar-refractivity contribution in [2.75, 3.05) is 0 Å². The average molecular weight is 237 g/mol. The summed E-state index contributed by atoms with van der Waals surface area (Å²) in [5.74, 6) is 0. The largest absolute Gasteiger partial charge is 0.296 e. The highest BCUT2D eigenvalue weighted by atomic mass is 35.5. The van der Waals surface area contributed by atoms with Gasteiger partial charge in [-0.2, -0.15) is 0 Å². The van der Waals surface area contributed by atoms with Gasteiger partial charge in [-0.1, -0.05) is 32.4 Å². The molecule has 0 spiro atoms. The highest BCUT2D eigenvalue weighted by Gasteiger charge is 2.23. The smallest absolute Gasteiger partial charge is 0.168 e. The van der Waals surface area contributed by atoms with Gasteiger partial charge in [0.15, 0.2) is 6.29 Å². The SMILES string of the molecule is CC(C)(C)c1nc2ccc(Cl)cn2c1C=O. The highest BCUT2D eigenvalue weighted by molar-refractivity contribution is 6.30. The first kappa shape index (κ1) is 11.1. The van der Waals surface area contributed by atoms with Crippen molar-refractivity contribution in [1.82, 2.24) is 9.38 Å². The molecule has 0 saturated carbocycles. The quantitative estimate of drug-likeness (QED) is 0.713. The molecule has 0 aliphatic heterocycles. The molecule has 2 aromatic heterocycles. The van der Waals surface area contributed by atoms with Gasteiger partial charge in [-0.25, -0.2) is 4.98 Å². The molecule has 0 saturated heterocycles. The number of pyridine rings is 1. The van der Waals surface area contributed by atoms with Crippen LogP contribution in [-0.4, -0.2) is 15.7 Å². The summed E-state index contributed by atoms with van der Waals surface area (Å²) < 4.78 is 1.73. The topological polar surface area (TPSA) is 34.4 Å². The van der Waals surface area contributed by atoms with Crippen LogP contribution >= 0.6 is 11.6 Å². The van der Waals surface area contributed by atoms with Crippen molar-refractivity contribution in [1.29, 1.82) is 0 Å². The zero-order valence-corrected chi connectivity index (χ0v) is 10.2. The number of imidazole rings is 1. The van der Waals surface area contributed by atoms with Gasteiger partial charge in [0, 0.05) is 11.6 Å². The molecule has 84 valence electrons. The maximum Gasteiger partial charge on any atom is 0.168 e. The predicted molar refractivity (Wildman–Crippen MR) is 64.3 cm³/mol. The van der Waals surface area contributed by atoms with E-state index in [4.69, 9.17) is 11.6 Å². The number of aldehydes is 1. The number of hydrogen-bond donors (Lipinski definition) is 0. The number of nitrogens with zero attached hydrogens (tertiary/aromatic N) is 2. The highest BCUT2D eigenvalue weighted by Crippen LogP contribution is 2.26. The Hall–Kier alpha value is -1.35. The van der Waals surface area contributed by atoms with Gasteiger partial charge < -0.3 is 0 Å². The van der Waals surface area contributed by atoms with Crippen molar-refractivity contribution in [3.05, 3.63) is 34.7 Å². The van der Waals surface area contributed by atoms with Crippen LogP contribution < -0.4 is 0 Å². The summed E-state index contributed by atoms with van der Waals surface area (Å²) in [5.41, 5.74) is 1.96. The summed E-state index contributed by atoms with van der Waals surface area (Å²) in [6, 6.07) is 3.58. The van der Waals surface area contributed by atoms with Gasteiger partial charge in [-0.3, -0.25) is 9.20 Å². The van der Waals surface area contributed by atoms with E-state index in [9.17, 15) is 4.79 Å². The van der Waals surface area contributed by atoms with Crippen molar-refractivity contribution < 1.29 is 4.79 Å². The third-order valence-electron chi connectivity index (χ3n) is 2.44. The fourth-order valence-corrected chi connectivity index (χ4v) is 1.86. The molecule has 0 aliphatic carbocycles. The molecule has 0 aromatic carbocycles.